The van der Waals surface area contributed by atoms with Gasteiger partial charge in [-0.1, -0.05) is 0 Å². The van der Waals surface area contributed by atoms with Crippen LogP contribution in [-0.2, 0) is 9.59 Å². The second kappa shape index (κ2) is 9.98. The number of hydrogen-bond donors (Lipinski definition) is 2. The molecule has 0 spiro atoms. The molecule has 8 heteroatoms. The number of aromatic nitrogens is 1. The predicted octanol–water partition coefficient (Wildman–Crippen LogP) is 5.29. The highest BCUT2D eigenvalue weighted by atomic mass is 32.2. The standard InChI is InChI=1S/C23H23N3O3S2/c1-2-29-18-9-5-15(6-10-18)20-13-31-23(25-20)26-21(27)14-30-19-11-7-17(8-12-19)24-22(28)16-3-4-16/h5-13,16H,2-4,14H2,1H3,(H,24,28)(H,25,26,27). The number of thiazole rings is 1. The quantitative estimate of drug-likeness (QED) is 0.431. The van der Waals surface area contributed by atoms with Crippen LogP contribution in [0.2, 0.25) is 0 Å². The van der Waals surface area contributed by atoms with Crippen LogP contribution >= 0.6 is 23.1 Å². The largest absolute Gasteiger partial charge is 0.494 e. The maximum atomic E-state index is 12.3. The van der Waals surface area contributed by atoms with Crippen LogP contribution in [0.4, 0.5) is 10.8 Å². The molecule has 0 radical (unpaired) electrons. The first-order valence-electron chi connectivity index (χ1n) is 10.1. The molecule has 0 saturated heterocycles. The van der Waals surface area contributed by atoms with E-state index in [1.807, 2.05) is 60.8 Å². The van der Waals surface area contributed by atoms with E-state index in [0.29, 0.717) is 11.7 Å². The van der Waals surface area contributed by atoms with Crippen molar-refractivity contribution in [2.45, 2.75) is 24.7 Å². The lowest BCUT2D eigenvalue weighted by Crippen LogP contribution is -2.14. The van der Waals surface area contributed by atoms with Crippen molar-refractivity contribution >= 4 is 45.7 Å². The molecule has 1 heterocycles. The lowest BCUT2D eigenvalue weighted by Gasteiger charge is -2.06. The summed E-state index contributed by atoms with van der Waals surface area (Å²) in [4.78, 5) is 29.6. The van der Waals surface area contributed by atoms with Gasteiger partial charge in [0.25, 0.3) is 0 Å². The molecule has 31 heavy (non-hydrogen) atoms. The number of ether oxygens (including phenoxy) is 1. The van der Waals surface area contributed by atoms with Gasteiger partial charge in [-0.3, -0.25) is 9.59 Å². The zero-order valence-corrected chi connectivity index (χ0v) is 18.7. The minimum atomic E-state index is -0.108. The molecule has 0 atom stereocenters. The average molecular weight is 454 g/mol. The first-order valence-corrected chi connectivity index (χ1v) is 12.0. The number of nitrogens with zero attached hydrogens (tertiary/aromatic N) is 1. The van der Waals surface area contributed by atoms with E-state index in [-0.39, 0.29) is 23.5 Å². The molecule has 0 aliphatic heterocycles. The Hall–Kier alpha value is -2.84. The molecule has 1 aromatic heterocycles. The number of thioether (sulfide) groups is 1. The number of hydrogen-bond acceptors (Lipinski definition) is 6. The van der Waals surface area contributed by atoms with Crippen LogP contribution in [0.3, 0.4) is 0 Å². The molecule has 1 fully saturated rings. The van der Waals surface area contributed by atoms with E-state index in [4.69, 9.17) is 4.74 Å². The Morgan fingerprint density at radius 1 is 1.10 bits per heavy atom. The molecule has 2 aromatic carbocycles. The number of amides is 2. The van der Waals surface area contributed by atoms with E-state index in [9.17, 15) is 9.59 Å². The van der Waals surface area contributed by atoms with Gasteiger partial charge in [-0.2, -0.15) is 0 Å². The van der Waals surface area contributed by atoms with Gasteiger partial charge >= 0.3 is 0 Å². The van der Waals surface area contributed by atoms with Crippen LogP contribution in [0.5, 0.6) is 5.75 Å². The monoisotopic (exact) mass is 453 g/mol. The summed E-state index contributed by atoms with van der Waals surface area (Å²) in [5.41, 5.74) is 2.58. The van der Waals surface area contributed by atoms with Crippen molar-refractivity contribution in [1.29, 1.82) is 0 Å². The number of carbonyl (C=O) groups is 2. The van der Waals surface area contributed by atoms with E-state index in [0.717, 1.165) is 40.4 Å². The molecule has 3 aromatic rings. The molecule has 160 valence electrons. The van der Waals surface area contributed by atoms with Crippen LogP contribution in [0, 0.1) is 5.92 Å². The molecule has 0 bridgehead atoms. The van der Waals surface area contributed by atoms with Crippen molar-refractivity contribution in [1.82, 2.24) is 4.98 Å². The summed E-state index contributed by atoms with van der Waals surface area (Å²) in [6.45, 7) is 2.58. The Kier molecular flexibility index (Phi) is 6.89. The molecule has 1 aliphatic carbocycles. The van der Waals surface area contributed by atoms with Crippen LogP contribution in [-0.4, -0.2) is 29.2 Å². The zero-order chi connectivity index (χ0) is 21.6. The topological polar surface area (TPSA) is 80.3 Å². The van der Waals surface area contributed by atoms with Gasteiger partial charge in [0.1, 0.15) is 5.75 Å². The Morgan fingerprint density at radius 3 is 2.52 bits per heavy atom. The summed E-state index contributed by atoms with van der Waals surface area (Å²) in [6, 6.07) is 15.3. The normalized spacial score (nSPS) is 12.9. The molecule has 2 N–H and O–H groups in total. The van der Waals surface area contributed by atoms with Crippen LogP contribution in [0.25, 0.3) is 11.3 Å². The number of rotatable bonds is 9. The van der Waals surface area contributed by atoms with Gasteiger partial charge in [-0.25, -0.2) is 4.98 Å². The number of anilines is 2. The molecular weight excluding hydrogens is 430 g/mol. The second-order valence-electron chi connectivity index (χ2n) is 7.12. The number of nitrogens with one attached hydrogen (secondary N) is 2. The fourth-order valence-corrected chi connectivity index (χ4v) is 4.32. The molecule has 1 saturated carbocycles. The zero-order valence-electron chi connectivity index (χ0n) is 17.1. The molecule has 6 nitrogen and oxygen atoms in total. The minimum Gasteiger partial charge on any atom is -0.494 e. The van der Waals surface area contributed by atoms with Crippen LogP contribution < -0.4 is 15.4 Å². The first kappa shape index (κ1) is 21.4. The van der Waals surface area contributed by atoms with Gasteiger partial charge in [0.15, 0.2) is 5.13 Å². The molecular formula is C23H23N3O3S2. The molecule has 2 amide bonds. The Morgan fingerprint density at radius 2 is 1.84 bits per heavy atom. The highest BCUT2D eigenvalue weighted by Crippen LogP contribution is 2.31. The predicted molar refractivity (Wildman–Crippen MR) is 126 cm³/mol. The maximum Gasteiger partial charge on any atom is 0.236 e. The van der Waals surface area contributed by atoms with Gasteiger partial charge in [0.2, 0.25) is 11.8 Å². The van der Waals surface area contributed by atoms with Gasteiger partial charge in [-0.05, 0) is 68.3 Å². The number of carbonyl (C=O) groups excluding carboxylic acids is 2. The van der Waals surface area contributed by atoms with E-state index in [2.05, 4.69) is 15.6 Å². The third-order valence-corrected chi connectivity index (χ3v) is 6.42. The summed E-state index contributed by atoms with van der Waals surface area (Å²) in [6.07, 6.45) is 1.96. The van der Waals surface area contributed by atoms with E-state index >= 15 is 0 Å². The van der Waals surface area contributed by atoms with Gasteiger partial charge in [-0.15, -0.1) is 23.1 Å². The van der Waals surface area contributed by atoms with Crippen LogP contribution in [0.15, 0.2) is 58.8 Å². The third kappa shape index (κ3) is 6.08. The first-order chi connectivity index (χ1) is 15.1. The Balaban J connectivity index is 1.25. The lowest BCUT2D eigenvalue weighted by atomic mass is 10.2. The summed E-state index contributed by atoms with van der Waals surface area (Å²) < 4.78 is 5.46. The van der Waals surface area contributed by atoms with Crippen molar-refractivity contribution < 1.29 is 14.3 Å². The van der Waals surface area contributed by atoms with Crippen molar-refractivity contribution in [2.24, 2.45) is 5.92 Å². The Bertz CT molecular complexity index is 1040. The summed E-state index contributed by atoms with van der Waals surface area (Å²) in [5.74, 6) is 1.27. The molecule has 0 unspecified atom stereocenters. The van der Waals surface area contributed by atoms with Gasteiger partial charge < -0.3 is 15.4 Å². The minimum absolute atomic E-state index is 0.0906. The van der Waals surface area contributed by atoms with Crippen molar-refractivity contribution in [3.8, 4) is 17.0 Å². The van der Waals surface area contributed by atoms with Crippen molar-refractivity contribution in [3.63, 3.8) is 0 Å². The van der Waals surface area contributed by atoms with Crippen LogP contribution in [0.1, 0.15) is 19.8 Å². The number of benzene rings is 2. The van der Waals surface area contributed by atoms with E-state index in [1.165, 1.54) is 23.1 Å². The maximum absolute atomic E-state index is 12.3. The highest BCUT2D eigenvalue weighted by Gasteiger charge is 2.29. The highest BCUT2D eigenvalue weighted by molar-refractivity contribution is 8.00. The fraction of sp³-hybridized carbons (Fsp3) is 0.261. The average Bonchev–Trinajstić information content (AvgIpc) is 3.54. The summed E-state index contributed by atoms with van der Waals surface area (Å²) in [7, 11) is 0. The molecule has 4 rings (SSSR count). The SMILES string of the molecule is CCOc1ccc(-c2csc(NC(=O)CSc3ccc(NC(=O)C4CC4)cc3)n2)cc1. The van der Waals surface area contributed by atoms with E-state index in [1.54, 1.807) is 0 Å². The summed E-state index contributed by atoms with van der Waals surface area (Å²) >= 11 is 2.84. The fourth-order valence-electron chi connectivity index (χ4n) is 2.88. The second-order valence-corrected chi connectivity index (χ2v) is 9.03. The summed E-state index contributed by atoms with van der Waals surface area (Å²) in [5, 5.41) is 8.27. The van der Waals surface area contributed by atoms with Crippen molar-refractivity contribution in [2.75, 3.05) is 23.0 Å². The molecule has 1 aliphatic rings. The smallest absolute Gasteiger partial charge is 0.236 e. The Labute approximate surface area is 189 Å². The third-order valence-electron chi connectivity index (χ3n) is 4.65. The van der Waals surface area contributed by atoms with Gasteiger partial charge in [0, 0.05) is 27.4 Å². The lowest BCUT2D eigenvalue weighted by molar-refractivity contribution is -0.117. The van der Waals surface area contributed by atoms with E-state index < -0.39 is 0 Å². The van der Waals surface area contributed by atoms with Crippen molar-refractivity contribution in [3.05, 3.63) is 53.9 Å². The van der Waals surface area contributed by atoms with Gasteiger partial charge in [0.05, 0.1) is 18.1 Å².